The Morgan fingerprint density at radius 1 is 0.471 bits per heavy atom. The Labute approximate surface area is 299 Å². The fraction of sp³-hybridized carbons (Fsp3) is 0.0213. The lowest BCUT2D eigenvalue weighted by molar-refractivity contribution is 0.670. The van der Waals surface area contributed by atoms with Crippen LogP contribution in [-0.4, -0.2) is 9.97 Å². The first-order chi connectivity index (χ1) is 25.2. The first kappa shape index (κ1) is 29.5. The second kappa shape index (κ2) is 11.9. The molecule has 3 aromatic heterocycles. The number of furan rings is 1. The molecule has 0 aliphatic carbocycles. The number of fused-ring (bicyclic) bond motifs is 6. The summed E-state index contributed by atoms with van der Waals surface area (Å²) in [6, 6.07) is 57.6. The normalized spacial score (nSPS) is 11.6. The van der Waals surface area contributed by atoms with Gasteiger partial charge in [-0.25, -0.2) is 9.97 Å². The van der Waals surface area contributed by atoms with Crippen LogP contribution >= 0.6 is 11.3 Å². The van der Waals surface area contributed by atoms with E-state index in [0.29, 0.717) is 5.82 Å². The van der Waals surface area contributed by atoms with E-state index in [4.69, 9.17) is 14.4 Å². The highest BCUT2D eigenvalue weighted by Gasteiger charge is 2.21. The summed E-state index contributed by atoms with van der Waals surface area (Å²) >= 11 is 1.87. The van der Waals surface area contributed by atoms with Crippen LogP contribution in [0.15, 0.2) is 168 Å². The molecule has 3 nitrogen and oxygen atoms in total. The number of rotatable bonds is 5. The first-order valence-corrected chi connectivity index (χ1v) is 18.0. The summed E-state index contributed by atoms with van der Waals surface area (Å²) < 4.78 is 9.34. The summed E-state index contributed by atoms with van der Waals surface area (Å²) in [5.41, 5.74) is 12.4. The van der Waals surface area contributed by atoms with Crippen LogP contribution in [0.4, 0.5) is 0 Å². The minimum absolute atomic E-state index is 0.691. The molecule has 0 aliphatic heterocycles. The van der Waals surface area contributed by atoms with Crippen molar-refractivity contribution in [3.05, 3.63) is 169 Å². The standard InChI is InChI=1S/C47H30N2OS/c1-29-43(31-16-7-3-8-17-31)48-47(32-18-9-4-10-19-32)49-44(29)38-22-13-21-36-39-28-33(24-27-40(39)50-45(36)38)34-25-26-35(30-14-5-2-6-15-30)46-42(34)37-20-11-12-23-41(37)51-46/h2-28H,1H3. The highest BCUT2D eigenvalue weighted by Crippen LogP contribution is 2.46. The molecule has 51 heavy (non-hydrogen) atoms. The fourth-order valence-corrected chi connectivity index (χ4v) is 8.70. The van der Waals surface area contributed by atoms with Crippen molar-refractivity contribution in [3.8, 4) is 56.2 Å². The molecular formula is C47H30N2OS. The molecule has 0 N–H and O–H groups in total. The lowest BCUT2D eigenvalue weighted by Gasteiger charge is -2.14. The lowest BCUT2D eigenvalue weighted by atomic mass is 9.94. The maximum Gasteiger partial charge on any atom is 0.160 e. The molecule has 0 atom stereocenters. The van der Waals surface area contributed by atoms with Gasteiger partial charge in [-0.2, -0.15) is 0 Å². The molecule has 0 saturated carbocycles. The number of hydrogen-bond acceptors (Lipinski definition) is 4. The summed E-state index contributed by atoms with van der Waals surface area (Å²) in [6.07, 6.45) is 0. The Morgan fingerprint density at radius 2 is 1.12 bits per heavy atom. The highest BCUT2D eigenvalue weighted by atomic mass is 32.1. The number of nitrogens with zero attached hydrogens (tertiary/aromatic N) is 2. The molecule has 10 aromatic rings. The van der Waals surface area contributed by atoms with E-state index >= 15 is 0 Å². The van der Waals surface area contributed by atoms with E-state index in [1.807, 2.05) is 35.6 Å². The van der Waals surface area contributed by atoms with Crippen LogP contribution in [0.25, 0.3) is 98.3 Å². The van der Waals surface area contributed by atoms with Crippen LogP contribution in [-0.2, 0) is 0 Å². The zero-order valence-corrected chi connectivity index (χ0v) is 28.6. The van der Waals surface area contributed by atoms with Crippen LogP contribution in [0.1, 0.15) is 5.56 Å². The molecule has 4 heteroatoms. The Morgan fingerprint density at radius 3 is 1.90 bits per heavy atom. The Balaban J connectivity index is 1.18. The molecule has 0 spiro atoms. The van der Waals surface area contributed by atoms with Crippen molar-refractivity contribution in [3.63, 3.8) is 0 Å². The van der Waals surface area contributed by atoms with Gasteiger partial charge in [0.15, 0.2) is 5.82 Å². The van der Waals surface area contributed by atoms with Crippen molar-refractivity contribution in [2.24, 2.45) is 0 Å². The average molecular weight is 671 g/mol. The Hall–Kier alpha value is -6.36. The third-order valence-electron chi connectivity index (χ3n) is 9.90. The fourth-order valence-electron chi connectivity index (χ4n) is 7.44. The first-order valence-electron chi connectivity index (χ1n) is 17.2. The monoisotopic (exact) mass is 670 g/mol. The molecule has 0 fully saturated rings. The van der Waals surface area contributed by atoms with Gasteiger partial charge in [-0.1, -0.05) is 140 Å². The van der Waals surface area contributed by atoms with Crippen LogP contribution < -0.4 is 0 Å². The molecule has 10 rings (SSSR count). The largest absolute Gasteiger partial charge is 0.455 e. The third kappa shape index (κ3) is 4.87. The second-order valence-electron chi connectivity index (χ2n) is 12.9. The van der Waals surface area contributed by atoms with Crippen molar-refractivity contribution in [1.82, 2.24) is 9.97 Å². The van der Waals surface area contributed by atoms with Crippen molar-refractivity contribution < 1.29 is 4.42 Å². The van der Waals surface area contributed by atoms with E-state index in [0.717, 1.165) is 55.6 Å². The van der Waals surface area contributed by atoms with Crippen LogP contribution in [0.5, 0.6) is 0 Å². The van der Waals surface area contributed by atoms with Gasteiger partial charge < -0.3 is 4.42 Å². The zero-order chi connectivity index (χ0) is 33.9. The van der Waals surface area contributed by atoms with Crippen molar-refractivity contribution in [2.75, 3.05) is 0 Å². The highest BCUT2D eigenvalue weighted by molar-refractivity contribution is 7.26. The molecule has 0 radical (unpaired) electrons. The predicted octanol–water partition coefficient (Wildman–Crippen LogP) is 13.4. The Kier molecular flexibility index (Phi) is 6.90. The van der Waals surface area contributed by atoms with Gasteiger partial charge in [0.05, 0.1) is 11.4 Å². The van der Waals surface area contributed by atoms with Crippen LogP contribution in [0, 0.1) is 6.92 Å². The molecule has 240 valence electrons. The van der Waals surface area contributed by atoms with E-state index in [1.165, 1.54) is 42.4 Å². The van der Waals surface area contributed by atoms with Gasteiger partial charge in [0.2, 0.25) is 0 Å². The summed E-state index contributed by atoms with van der Waals surface area (Å²) in [4.78, 5) is 10.3. The summed E-state index contributed by atoms with van der Waals surface area (Å²) in [5, 5.41) is 4.73. The molecule has 7 aromatic carbocycles. The number of thiophene rings is 1. The smallest absolute Gasteiger partial charge is 0.160 e. The number of para-hydroxylation sites is 1. The minimum Gasteiger partial charge on any atom is -0.455 e. The number of benzene rings is 7. The quantitative estimate of drug-likeness (QED) is 0.183. The van der Waals surface area contributed by atoms with Crippen LogP contribution in [0.3, 0.4) is 0 Å². The molecule has 0 bridgehead atoms. The van der Waals surface area contributed by atoms with Crippen molar-refractivity contribution in [2.45, 2.75) is 6.92 Å². The van der Waals surface area contributed by atoms with E-state index in [2.05, 4.69) is 146 Å². The third-order valence-corrected chi connectivity index (χ3v) is 11.1. The molecular weight excluding hydrogens is 641 g/mol. The van der Waals surface area contributed by atoms with E-state index in [1.54, 1.807) is 0 Å². The number of hydrogen-bond donors (Lipinski definition) is 0. The van der Waals surface area contributed by atoms with Gasteiger partial charge in [-0.3, -0.25) is 0 Å². The van der Waals surface area contributed by atoms with Crippen LogP contribution in [0.2, 0.25) is 0 Å². The van der Waals surface area contributed by atoms with Gasteiger partial charge >= 0.3 is 0 Å². The average Bonchev–Trinajstić information content (AvgIpc) is 3.78. The molecule has 0 amide bonds. The van der Waals surface area contributed by atoms with Crippen molar-refractivity contribution in [1.29, 1.82) is 0 Å². The maximum atomic E-state index is 6.74. The molecule has 0 aliphatic rings. The maximum absolute atomic E-state index is 6.74. The van der Waals surface area contributed by atoms with E-state index in [9.17, 15) is 0 Å². The lowest BCUT2D eigenvalue weighted by Crippen LogP contribution is -2.00. The summed E-state index contributed by atoms with van der Waals surface area (Å²) in [5.74, 6) is 0.691. The van der Waals surface area contributed by atoms with E-state index < -0.39 is 0 Å². The van der Waals surface area contributed by atoms with Crippen molar-refractivity contribution >= 4 is 53.4 Å². The minimum atomic E-state index is 0.691. The predicted molar refractivity (Wildman–Crippen MR) is 214 cm³/mol. The van der Waals surface area contributed by atoms with Gasteiger partial charge in [-0.15, -0.1) is 11.3 Å². The molecule has 0 unspecified atom stereocenters. The molecule has 0 saturated heterocycles. The van der Waals surface area contributed by atoms with Gasteiger partial charge in [-0.05, 0) is 53.4 Å². The van der Waals surface area contributed by atoms with Gasteiger partial charge in [0.25, 0.3) is 0 Å². The zero-order valence-electron chi connectivity index (χ0n) is 27.8. The topological polar surface area (TPSA) is 38.9 Å². The van der Waals surface area contributed by atoms with Gasteiger partial charge in [0.1, 0.15) is 11.2 Å². The van der Waals surface area contributed by atoms with E-state index in [-0.39, 0.29) is 0 Å². The Bertz CT molecular complexity index is 2910. The molecule has 3 heterocycles. The number of aromatic nitrogens is 2. The van der Waals surface area contributed by atoms with Gasteiger partial charge in [0, 0.05) is 53.2 Å². The SMILES string of the molecule is Cc1c(-c2ccccc2)nc(-c2ccccc2)nc1-c1cccc2c1oc1ccc(-c3ccc(-c4ccccc4)c4sc5ccccc5c34)cc12. The summed E-state index contributed by atoms with van der Waals surface area (Å²) in [6.45, 7) is 2.11. The second-order valence-corrected chi connectivity index (χ2v) is 14.0. The summed E-state index contributed by atoms with van der Waals surface area (Å²) in [7, 11) is 0.